The summed E-state index contributed by atoms with van der Waals surface area (Å²) in [7, 11) is -3.29. The van der Waals surface area contributed by atoms with E-state index in [0.29, 0.717) is 31.0 Å². The van der Waals surface area contributed by atoms with E-state index in [1.54, 1.807) is 26.0 Å². The van der Waals surface area contributed by atoms with Gasteiger partial charge in [-0.25, -0.2) is 0 Å². The molecular weight excluding hydrogens is 445 g/mol. The molecule has 1 fully saturated rings. The fraction of sp³-hybridized carbons (Fsp3) is 0.464. The molecule has 0 unspecified atom stereocenters. The molecule has 1 amide bonds. The summed E-state index contributed by atoms with van der Waals surface area (Å²) < 4.78 is 23.7. The second-order valence-corrected chi connectivity index (χ2v) is 11.2. The van der Waals surface area contributed by atoms with E-state index in [9.17, 15) is 9.36 Å². The van der Waals surface area contributed by atoms with Gasteiger partial charge in [-0.2, -0.15) is 0 Å². The minimum Gasteiger partial charge on any atom is -0.348 e. The van der Waals surface area contributed by atoms with Crippen LogP contribution in [0.2, 0.25) is 0 Å². The molecule has 2 aliphatic rings. The van der Waals surface area contributed by atoms with Crippen molar-refractivity contribution >= 4 is 24.9 Å². The van der Waals surface area contributed by atoms with E-state index < -0.39 is 7.60 Å². The normalized spacial score (nSPS) is 16.6. The monoisotopic (exact) mass is 481 g/mol. The zero-order valence-corrected chi connectivity index (χ0v) is 21.2. The Morgan fingerprint density at radius 1 is 0.971 bits per heavy atom. The molecule has 2 aliphatic carbocycles. The van der Waals surface area contributed by atoms with Gasteiger partial charge in [0.2, 0.25) is 5.91 Å². The largest absolute Gasteiger partial charge is 0.361 e. The molecule has 0 saturated heterocycles. The third-order valence-corrected chi connectivity index (χ3v) is 8.96. The van der Waals surface area contributed by atoms with Crippen molar-refractivity contribution in [1.82, 2.24) is 5.32 Å². The van der Waals surface area contributed by atoms with E-state index in [1.165, 1.54) is 48.8 Å². The Morgan fingerprint density at radius 3 is 2.35 bits per heavy atom. The van der Waals surface area contributed by atoms with Gasteiger partial charge in [0.1, 0.15) is 0 Å². The summed E-state index contributed by atoms with van der Waals surface area (Å²) in [6.07, 6.45) is 10.3. The van der Waals surface area contributed by atoms with Gasteiger partial charge in [-0.1, -0.05) is 49.6 Å². The van der Waals surface area contributed by atoms with Gasteiger partial charge in [-0.3, -0.25) is 9.36 Å². The second kappa shape index (κ2) is 11.5. The minimum atomic E-state index is -3.29. The highest BCUT2D eigenvalue weighted by molar-refractivity contribution is 7.62. The number of nitrogens with one attached hydrogen (secondary N) is 1. The van der Waals surface area contributed by atoms with Crippen molar-refractivity contribution in [3.63, 3.8) is 0 Å². The quantitative estimate of drug-likeness (QED) is 0.429. The molecule has 0 atom stereocenters. The first kappa shape index (κ1) is 24.9. The van der Waals surface area contributed by atoms with Crippen LogP contribution >= 0.6 is 7.60 Å². The first-order valence-corrected chi connectivity index (χ1v) is 14.2. The number of rotatable bonds is 9. The van der Waals surface area contributed by atoms with Crippen LogP contribution in [0.3, 0.4) is 0 Å². The van der Waals surface area contributed by atoms with Gasteiger partial charge in [0.05, 0.1) is 18.5 Å². The number of carbonyl (C=O) groups is 1. The zero-order chi connectivity index (χ0) is 24.0. The Bertz CT molecular complexity index is 1060. The Kier molecular flexibility index (Phi) is 8.41. The van der Waals surface area contributed by atoms with E-state index in [4.69, 9.17) is 9.05 Å². The lowest BCUT2D eigenvalue weighted by Crippen LogP contribution is -2.26. The van der Waals surface area contributed by atoms with Gasteiger partial charge >= 0.3 is 7.60 Å². The summed E-state index contributed by atoms with van der Waals surface area (Å²) in [6, 6.07) is 14.1. The van der Waals surface area contributed by atoms with E-state index in [2.05, 4.69) is 29.6 Å². The highest BCUT2D eigenvalue weighted by Gasteiger charge is 2.26. The van der Waals surface area contributed by atoms with Gasteiger partial charge in [0, 0.05) is 12.1 Å². The molecule has 34 heavy (non-hydrogen) atoms. The maximum atomic E-state index is 12.9. The Labute approximate surface area is 203 Å². The van der Waals surface area contributed by atoms with Crippen LogP contribution in [-0.4, -0.2) is 19.1 Å². The van der Waals surface area contributed by atoms with E-state index in [-0.39, 0.29) is 5.91 Å². The van der Waals surface area contributed by atoms with Crippen LogP contribution in [0.25, 0.3) is 6.08 Å². The summed E-state index contributed by atoms with van der Waals surface area (Å²) in [5.41, 5.74) is 5.73. The fourth-order valence-corrected chi connectivity index (χ4v) is 6.56. The third kappa shape index (κ3) is 5.89. The molecule has 182 valence electrons. The predicted octanol–water partition coefficient (Wildman–Crippen LogP) is 6.27. The fourth-order valence-electron chi connectivity index (χ4n) is 4.99. The average molecular weight is 482 g/mol. The Balaban J connectivity index is 1.40. The number of carbonyl (C=O) groups excluding carboxylic acids is 1. The lowest BCUT2D eigenvalue weighted by molar-refractivity contribution is -0.117. The van der Waals surface area contributed by atoms with Gasteiger partial charge in [-0.15, -0.1) is 0 Å². The zero-order valence-electron chi connectivity index (χ0n) is 20.3. The van der Waals surface area contributed by atoms with Crippen LogP contribution in [0.15, 0.2) is 48.0 Å². The number of amides is 1. The molecule has 0 bridgehead atoms. The molecule has 1 saturated carbocycles. The predicted molar refractivity (Wildman–Crippen MR) is 137 cm³/mol. The molecule has 0 aromatic heterocycles. The smallest absolute Gasteiger partial charge is 0.348 e. The summed E-state index contributed by atoms with van der Waals surface area (Å²) in [5.74, 6) is 0.641. The topological polar surface area (TPSA) is 64.6 Å². The summed E-state index contributed by atoms with van der Waals surface area (Å²) >= 11 is 0. The molecule has 1 N–H and O–H groups in total. The van der Waals surface area contributed by atoms with Gasteiger partial charge < -0.3 is 14.4 Å². The molecule has 0 aliphatic heterocycles. The van der Waals surface area contributed by atoms with Crippen LogP contribution in [0, 0.1) is 0 Å². The van der Waals surface area contributed by atoms with E-state index >= 15 is 0 Å². The van der Waals surface area contributed by atoms with E-state index in [0.717, 1.165) is 24.0 Å². The minimum absolute atomic E-state index is 0.0212. The number of aryl methyl sites for hydroxylation is 1. The van der Waals surface area contributed by atoms with Crippen LogP contribution in [0.5, 0.6) is 0 Å². The van der Waals surface area contributed by atoms with Crippen molar-refractivity contribution in [3.8, 4) is 0 Å². The van der Waals surface area contributed by atoms with Crippen molar-refractivity contribution in [1.29, 1.82) is 0 Å². The maximum Gasteiger partial charge on any atom is 0.361 e. The van der Waals surface area contributed by atoms with Crippen molar-refractivity contribution < 1.29 is 18.4 Å². The van der Waals surface area contributed by atoms with Crippen LogP contribution < -0.4 is 10.6 Å². The van der Waals surface area contributed by atoms with Crippen molar-refractivity contribution in [2.45, 2.75) is 71.3 Å². The number of fused-ring (bicyclic) bond motifs is 1. The van der Waals surface area contributed by atoms with Gasteiger partial charge in [0.25, 0.3) is 0 Å². The molecular formula is C28H36NO4P. The van der Waals surface area contributed by atoms with Crippen molar-refractivity contribution in [2.24, 2.45) is 0 Å². The van der Waals surface area contributed by atoms with Crippen LogP contribution in [0.1, 0.15) is 80.5 Å². The highest BCUT2D eigenvalue weighted by atomic mass is 31.2. The lowest BCUT2D eigenvalue weighted by atomic mass is 9.81. The first-order chi connectivity index (χ1) is 16.5. The average Bonchev–Trinajstić information content (AvgIpc) is 2.87. The highest BCUT2D eigenvalue weighted by Crippen LogP contribution is 2.46. The molecule has 6 heteroatoms. The van der Waals surface area contributed by atoms with Crippen LogP contribution in [-0.2, 0) is 31.4 Å². The Hall–Kier alpha value is -2.20. The van der Waals surface area contributed by atoms with Crippen LogP contribution in [0.4, 0.5) is 0 Å². The van der Waals surface area contributed by atoms with Gasteiger partial charge in [0.15, 0.2) is 0 Å². The number of hydrogen-bond acceptors (Lipinski definition) is 4. The molecule has 4 rings (SSSR count). The first-order valence-electron chi connectivity index (χ1n) is 12.6. The maximum absolute atomic E-state index is 12.9. The molecule has 0 heterocycles. The molecule has 2 aromatic carbocycles. The standard InChI is InChI=1S/C28H36NO4P/c1-3-32-34(31,33-4-2)27-16-10-21(11-17-27)20-29-28(30)25-15-13-23-12-14-24(18-26(23)19-25)22-8-6-5-7-9-22/h10-12,14,16-19,22H,3-9,13,15,20H2,1-2H3,(H,29,30). The number of benzene rings is 2. The lowest BCUT2D eigenvalue weighted by Gasteiger charge is -2.24. The molecule has 2 aromatic rings. The summed E-state index contributed by atoms with van der Waals surface area (Å²) in [5, 5.41) is 3.58. The van der Waals surface area contributed by atoms with Crippen molar-refractivity contribution in [3.05, 3.63) is 70.3 Å². The third-order valence-electron chi connectivity index (χ3n) is 6.84. The molecule has 0 spiro atoms. The number of hydrogen-bond donors (Lipinski definition) is 1. The van der Waals surface area contributed by atoms with Crippen molar-refractivity contribution in [2.75, 3.05) is 13.2 Å². The summed E-state index contributed by atoms with van der Waals surface area (Å²) in [6.45, 7) is 4.64. The van der Waals surface area contributed by atoms with Gasteiger partial charge in [-0.05, 0) is 85.9 Å². The SMILES string of the molecule is CCOP(=O)(OCC)c1ccc(CNC(=O)C2=Cc3cc(C4CCCCC4)ccc3CC2)cc1. The Morgan fingerprint density at radius 2 is 1.68 bits per heavy atom. The second-order valence-electron chi connectivity index (χ2n) is 9.14. The molecule has 0 radical (unpaired) electrons. The van der Waals surface area contributed by atoms with E-state index in [1.807, 2.05) is 12.1 Å². The summed E-state index contributed by atoms with van der Waals surface area (Å²) in [4.78, 5) is 12.9. The molecule has 5 nitrogen and oxygen atoms in total.